The Kier molecular flexibility index (Phi) is 5.98. The van der Waals surface area contributed by atoms with Crippen LogP contribution in [0.5, 0.6) is 0 Å². The van der Waals surface area contributed by atoms with Gasteiger partial charge in [-0.25, -0.2) is 4.79 Å². The molecule has 0 bridgehead atoms. The molecule has 2 rings (SSSR count). The predicted molar refractivity (Wildman–Crippen MR) is 89.8 cm³/mol. The first-order valence-corrected chi connectivity index (χ1v) is 8.03. The van der Waals surface area contributed by atoms with E-state index in [1.807, 2.05) is 30.3 Å². The summed E-state index contributed by atoms with van der Waals surface area (Å²) in [5, 5.41) is 2.94. The van der Waals surface area contributed by atoms with Crippen molar-refractivity contribution in [2.75, 3.05) is 33.7 Å². The molecular weight excluding hydrogens is 292 g/mol. The monoisotopic (exact) mass is 318 g/mol. The standard InChI is InChI=1S/C17H26N4O2/c1-20(2)17(23)21-10-8-14(9-11-21)16(22)19-12-15(18)13-6-4-3-5-7-13/h3-7,14-15H,8-12,18H2,1-2H3,(H,19,22). The number of nitrogens with one attached hydrogen (secondary N) is 1. The number of carbonyl (C=O) groups is 2. The van der Waals surface area contributed by atoms with Gasteiger partial charge in [-0.15, -0.1) is 0 Å². The van der Waals surface area contributed by atoms with Crippen molar-refractivity contribution in [2.45, 2.75) is 18.9 Å². The molecule has 1 unspecified atom stereocenters. The molecule has 0 aromatic heterocycles. The van der Waals surface area contributed by atoms with Crippen LogP contribution in [-0.2, 0) is 4.79 Å². The van der Waals surface area contributed by atoms with E-state index in [-0.39, 0.29) is 23.9 Å². The van der Waals surface area contributed by atoms with E-state index in [1.54, 1.807) is 23.9 Å². The summed E-state index contributed by atoms with van der Waals surface area (Å²) in [6, 6.07) is 9.55. The zero-order valence-electron chi connectivity index (χ0n) is 13.9. The Bertz CT molecular complexity index is 525. The molecule has 1 aliphatic rings. The average molecular weight is 318 g/mol. The summed E-state index contributed by atoms with van der Waals surface area (Å²) in [6.45, 7) is 1.68. The molecule has 0 saturated carbocycles. The van der Waals surface area contributed by atoms with E-state index in [4.69, 9.17) is 5.73 Å². The number of rotatable bonds is 4. The lowest BCUT2D eigenvalue weighted by atomic mass is 9.96. The molecular formula is C17H26N4O2. The topological polar surface area (TPSA) is 78.7 Å². The minimum Gasteiger partial charge on any atom is -0.354 e. The van der Waals surface area contributed by atoms with Crippen molar-refractivity contribution in [1.29, 1.82) is 0 Å². The second-order valence-electron chi connectivity index (χ2n) is 6.20. The van der Waals surface area contributed by atoms with Gasteiger partial charge in [0.05, 0.1) is 0 Å². The number of hydrogen-bond acceptors (Lipinski definition) is 3. The summed E-state index contributed by atoms with van der Waals surface area (Å²) in [4.78, 5) is 27.5. The van der Waals surface area contributed by atoms with Crippen LogP contribution in [0.3, 0.4) is 0 Å². The number of urea groups is 1. The van der Waals surface area contributed by atoms with Crippen LogP contribution in [-0.4, -0.2) is 55.5 Å². The number of benzene rings is 1. The van der Waals surface area contributed by atoms with Gasteiger partial charge in [-0.05, 0) is 18.4 Å². The molecule has 1 aromatic rings. The Morgan fingerprint density at radius 3 is 2.43 bits per heavy atom. The minimum atomic E-state index is -0.199. The third-order valence-electron chi connectivity index (χ3n) is 4.24. The lowest BCUT2D eigenvalue weighted by Gasteiger charge is -2.33. The molecule has 126 valence electrons. The number of nitrogens with zero attached hydrogens (tertiary/aromatic N) is 2. The first-order valence-electron chi connectivity index (χ1n) is 8.03. The van der Waals surface area contributed by atoms with Crippen LogP contribution in [0.1, 0.15) is 24.4 Å². The molecule has 6 nitrogen and oxygen atoms in total. The lowest BCUT2D eigenvalue weighted by Crippen LogP contribution is -2.47. The van der Waals surface area contributed by atoms with Gasteiger partial charge in [0.1, 0.15) is 0 Å². The van der Waals surface area contributed by atoms with E-state index in [0.29, 0.717) is 32.5 Å². The minimum absolute atomic E-state index is 0.00922. The van der Waals surface area contributed by atoms with Crippen molar-refractivity contribution in [1.82, 2.24) is 15.1 Å². The second kappa shape index (κ2) is 7.97. The highest BCUT2D eigenvalue weighted by Crippen LogP contribution is 2.18. The van der Waals surface area contributed by atoms with Gasteiger partial charge in [0.15, 0.2) is 0 Å². The van der Waals surface area contributed by atoms with Crippen molar-refractivity contribution in [3.8, 4) is 0 Å². The summed E-state index contributed by atoms with van der Waals surface area (Å²) in [7, 11) is 3.48. The van der Waals surface area contributed by atoms with Crippen LogP contribution in [0.2, 0.25) is 0 Å². The van der Waals surface area contributed by atoms with Gasteiger partial charge in [-0.2, -0.15) is 0 Å². The van der Waals surface area contributed by atoms with Gasteiger partial charge in [0, 0.05) is 45.7 Å². The molecule has 1 saturated heterocycles. The highest BCUT2D eigenvalue weighted by Gasteiger charge is 2.28. The maximum atomic E-state index is 12.3. The third kappa shape index (κ3) is 4.69. The van der Waals surface area contributed by atoms with Crippen LogP contribution in [0, 0.1) is 5.92 Å². The smallest absolute Gasteiger partial charge is 0.319 e. The highest BCUT2D eigenvalue weighted by atomic mass is 16.2. The van der Waals surface area contributed by atoms with Gasteiger partial charge in [-0.1, -0.05) is 30.3 Å². The zero-order chi connectivity index (χ0) is 16.8. The number of nitrogens with two attached hydrogens (primary N) is 1. The molecule has 3 N–H and O–H groups in total. The Morgan fingerprint density at radius 1 is 1.26 bits per heavy atom. The largest absolute Gasteiger partial charge is 0.354 e. The summed E-state index contributed by atoms with van der Waals surface area (Å²) in [6.07, 6.45) is 1.40. The fourth-order valence-corrected chi connectivity index (χ4v) is 2.79. The molecule has 0 radical (unpaired) electrons. The first-order chi connectivity index (χ1) is 11.0. The summed E-state index contributed by atoms with van der Waals surface area (Å²) < 4.78 is 0. The number of piperidine rings is 1. The van der Waals surface area contributed by atoms with Gasteiger partial charge < -0.3 is 20.9 Å². The van der Waals surface area contributed by atoms with Gasteiger partial charge in [-0.3, -0.25) is 4.79 Å². The van der Waals surface area contributed by atoms with E-state index >= 15 is 0 Å². The van der Waals surface area contributed by atoms with Crippen molar-refractivity contribution in [3.05, 3.63) is 35.9 Å². The molecule has 1 heterocycles. The SMILES string of the molecule is CN(C)C(=O)N1CCC(C(=O)NCC(N)c2ccccc2)CC1. The van der Waals surface area contributed by atoms with Gasteiger partial charge in [0.2, 0.25) is 5.91 Å². The van der Waals surface area contributed by atoms with Crippen molar-refractivity contribution < 1.29 is 9.59 Å². The lowest BCUT2D eigenvalue weighted by molar-refractivity contribution is -0.126. The summed E-state index contributed by atoms with van der Waals surface area (Å²) >= 11 is 0. The predicted octanol–water partition coefficient (Wildman–Crippen LogP) is 1.20. The molecule has 1 aliphatic heterocycles. The Morgan fingerprint density at radius 2 is 1.87 bits per heavy atom. The van der Waals surface area contributed by atoms with Crippen molar-refractivity contribution in [3.63, 3.8) is 0 Å². The number of likely N-dealkylation sites (tertiary alicyclic amines) is 1. The first kappa shape index (κ1) is 17.3. The molecule has 3 amide bonds. The quantitative estimate of drug-likeness (QED) is 0.875. The summed E-state index contributed by atoms with van der Waals surface area (Å²) in [5.41, 5.74) is 7.11. The van der Waals surface area contributed by atoms with E-state index in [9.17, 15) is 9.59 Å². The molecule has 0 spiro atoms. The average Bonchev–Trinajstić information content (AvgIpc) is 2.59. The Labute approximate surface area is 137 Å². The maximum Gasteiger partial charge on any atom is 0.319 e. The zero-order valence-corrected chi connectivity index (χ0v) is 13.9. The molecule has 6 heteroatoms. The van der Waals surface area contributed by atoms with Crippen molar-refractivity contribution >= 4 is 11.9 Å². The van der Waals surface area contributed by atoms with Crippen LogP contribution in [0.15, 0.2) is 30.3 Å². The fourth-order valence-electron chi connectivity index (χ4n) is 2.79. The van der Waals surface area contributed by atoms with E-state index in [0.717, 1.165) is 5.56 Å². The fraction of sp³-hybridized carbons (Fsp3) is 0.529. The number of carbonyl (C=O) groups excluding carboxylic acids is 2. The number of amides is 3. The van der Waals surface area contributed by atoms with Gasteiger partial charge >= 0.3 is 6.03 Å². The van der Waals surface area contributed by atoms with Gasteiger partial charge in [0.25, 0.3) is 0 Å². The van der Waals surface area contributed by atoms with E-state index < -0.39 is 0 Å². The molecule has 1 fully saturated rings. The highest BCUT2D eigenvalue weighted by molar-refractivity contribution is 5.79. The molecule has 1 atom stereocenters. The van der Waals surface area contributed by atoms with Crippen LogP contribution in [0.4, 0.5) is 4.79 Å². The molecule has 0 aliphatic carbocycles. The second-order valence-corrected chi connectivity index (χ2v) is 6.20. The maximum absolute atomic E-state index is 12.3. The Balaban J connectivity index is 1.76. The summed E-state index contributed by atoms with van der Waals surface area (Å²) in [5.74, 6) is -0.00230. The molecule has 23 heavy (non-hydrogen) atoms. The third-order valence-corrected chi connectivity index (χ3v) is 4.24. The molecule has 1 aromatic carbocycles. The van der Waals surface area contributed by atoms with E-state index in [1.165, 1.54) is 0 Å². The van der Waals surface area contributed by atoms with Crippen LogP contribution < -0.4 is 11.1 Å². The Hall–Kier alpha value is -2.08. The van der Waals surface area contributed by atoms with Crippen molar-refractivity contribution in [2.24, 2.45) is 11.7 Å². The normalized spacial score (nSPS) is 16.7. The van der Waals surface area contributed by atoms with Crippen LogP contribution in [0.25, 0.3) is 0 Å². The van der Waals surface area contributed by atoms with E-state index in [2.05, 4.69) is 5.32 Å². The number of hydrogen-bond donors (Lipinski definition) is 2. The van der Waals surface area contributed by atoms with Crippen LogP contribution >= 0.6 is 0 Å².